The predicted octanol–water partition coefficient (Wildman–Crippen LogP) is 3.72. The van der Waals surface area contributed by atoms with E-state index in [0.29, 0.717) is 19.4 Å². The van der Waals surface area contributed by atoms with Crippen molar-refractivity contribution in [2.45, 2.75) is 50.9 Å². The molecule has 0 aromatic heterocycles. The van der Waals surface area contributed by atoms with Crippen molar-refractivity contribution in [3.8, 4) is 0 Å². The maximum Gasteiger partial charge on any atom is 0.416 e. The smallest absolute Gasteiger partial charge is 0.416 e. The number of esters is 1. The highest BCUT2D eigenvalue weighted by Gasteiger charge is 2.36. The highest BCUT2D eigenvalue weighted by molar-refractivity contribution is 5.75. The van der Waals surface area contributed by atoms with Gasteiger partial charge in [0.25, 0.3) is 0 Å². The van der Waals surface area contributed by atoms with E-state index in [1.54, 1.807) is 6.07 Å². The Kier molecular flexibility index (Phi) is 6.88. The molecule has 0 spiro atoms. The second kappa shape index (κ2) is 8.91. The molecular formula is C18H23F3N2O3. The quantitative estimate of drug-likeness (QED) is 0.559. The third kappa shape index (κ3) is 5.93. The van der Waals surface area contributed by atoms with Crippen LogP contribution in [0.2, 0.25) is 0 Å². The number of hydrogen-bond donors (Lipinski definition) is 1. The molecule has 0 aliphatic heterocycles. The molecule has 0 heterocycles. The number of urea groups is 1. The molecule has 5 nitrogen and oxygen atoms in total. The van der Waals surface area contributed by atoms with Gasteiger partial charge in [-0.15, -0.1) is 0 Å². The average molecular weight is 372 g/mol. The van der Waals surface area contributed by atoms with Crippen molar-refractivity contribution >= 4 is 12.0 Å². The number of benzene rings is 1. The van der Waals surface area contributed by atoms with Gasteiger partial charge in [0.2, 0.25) is 0 Å². The molecule has 0 unspecified atom stereocenters. The number of halogens is 3. The second-order valence-corrected chi connectivity index (χ2v) is 6.28. The van der Waals surface area contributed by atoms with E-state index in [1.165, 1.54) is 24.1 Å². The minimum absolute atomic E-state index is 0.0219. The van der Waals surface area contributed by atoms with Gasteiger partial charge in [0.15, 0.2) is 0 Å². The van der Waals surface area contributed by atoms with Crippen LogP contribution in [-0.2, 0) is 22.3 Å². The fraction of sp³-hybridized carbons (Fsp3) is 0.556. The van der Waals surface area contributed by atoms with Gasteiger partial charge in [0.05, 0.1) is 12.7 Å². The molecule has 1 fully saturated rings. The Bertz CT molecular complexity index is 630. The van der Waals surface area contributed by atoms with Gasteiger partial charge >= 0.3 is 18.2 Å². The molecule has 0 saturated heterocycles. The normalized spacial score (nSPS) is 14.0. The van der Waals surface area contributed by atoms with Crippen LogP contribution in [0.25, 0.3) is 0 Å². The summed E-state index contributed by atoms with van der Waals surface area (Å²) in [4.78, 5) is 24.9. The van der Waals surface area contributed by atoms with Crippen molar-refractivity contribution in [3.05, 3.63) is 35.4 Å². The lowest BCUT2D eigenvalue weighted by molar-refractivity contribution is -0.141. The maximum absolute atomic E-state index is 13.1. The number of nitrogens with one attached hydrogen (secondary N) is 1. The van der Waals surface area contributed by atoms with Gasteiger partial charge in [-0.2, -0.15) is 13.2 Å². The zero-order valence-electron chi connectivity index (χ0n) is 14.6. The van der Waals surface area contributed by atoms with E-state index in [1.807, 2.05) is 0 Å². The van der Waals surface area contributed by atoms with E-state index in [4.69, 9.17) is 0 Å². The molecule has 2 rings (SSSR count). The molecule has 1 saturated carbocycles. The van der Waals surface area contributed by atoms with Crippen molar-refractivity contribution in [1.29, 1.82) is 0 Å². The summed E-state index contributed by atoms with van der Waals surface area (Å²) in [6.45, 7) is 0.286. The number of amides is 2. The Balaban J connectivity index is 1.91. The summed E-state index contributed by atoms with van der Waals surface area (Å²) < 4.78 is 44.0. The Morgan fingerprint density at radius 2 is 1.92 bits per heavy atom. The minimum atomic E-state index is -4.45. The standard InChI is InChI=1S/C18H23F3N2O3/c1-26-16(24)8-4-5-11-22-17(25)23(14-9-10-14)12-13-6-2-3-7-15(13)18(19,20)21/h2-3,6-7,14H,4-5,8-12H2,1H3,(H,22,25). The van der Waals surface area contributed by atoms with E-state index < -0.39 is 11.7 Å². The van der Waals surface area contributed by atoms with Gasteiger partial charge in [-0.1, -0.05) is 18.2 Å². The minimum Gasteiger partial charge on any atom is -0.469 e. The first-order chi connectivity index (χ1) is 12.3. The second-order valence-electron chi connectivity index (χ2n) is 6.28. The largest absolute Gasteiger partial charge is 0.469 e. The first kappa shape index (κ1) is 20.1. The average Bonchev–Trinajstić information content (AvgIpc) is 3.43. The number of unbranched alkanes of at least 4 members (excludes halogenated alkanes) is 1. The van der Waals surface area contributed by atoms with E-state index >= 15 is 0 Å². The molecule has 1 aromatic carbocycles. The first-order valence-corrected chi connectivity index (χ1v) is 8.59. The molecule has 8 heteroatoms. The summed E-state index contributed by atoms with van der Waals surface area (Å²) >= 11 is 0. The Morgan fingerprint density at radius 3 is 2.54 bits per heavy atom. The molecule has 0 atom stereocenters. The zero-order chi connectivity index (χ0) is 19.2. The van der Waals surface area contributed by atoms with Crippen LogP contribution in [0.1, 0.15) is 43.2 Å². The SMILES string of the molecule is COC(=O)CCCCNC(=O)N(Cc1ccccc1C(F)(F)F)C1CC1. The summed E-state index contributed by atoms with van der Waals surface area (Å²) in [5, 5.41) is 2.73. The molecular weight excluding hydrogens is 349 g/mol. The third-order valence-corrected chi connectivity index (χ3v) is 4.22. The van der Waals surface area contributed by atoms with E-state index in [9.17, 15) is 22.8 Å². The number of methoxy groups -OCH3 is 1. The van der Waals surface area contributed by atoms with Crippen molar-refractivity contribution in [1.82, 2.24) is 10.2 Å². The number of ether oxygens (including phenoxy) is 1. The highest BCUT2D eigenvalue weighted by atomic mass is 19.4. The summed E-state index contributed by atoms with van der Waals surface area (Å²) in [5.41, 5.74) is -0.621. The van der Waals surface area contributed by atoms with E-state index in [0.717, 1.165) is 18.9 Å². The van der Waals surface area contributed by atoms with Crippen LogP contribution in [-0.4, -0.2) is 36.6 Å². The lowest BCUT2D eigenvalue weighted by atomic mass is 10.1. The van der Waals surface area contributed by atoms with Crippen LogP contribution in [0, 0.1) is 0 Å². The fourth-order valence-corrected chi connectivity index (χ4v) is 2.66. The molecule has 0 bridgehead atoms. The summed E-state index contributed by atoms with van der Waals surface area (Å²) in [7, 11) is 1.32. The summed E-state index contributed by atoms with van der Waals surface area (Å²) in [6.07, 6.45) is -1.41. The molecule has 1 aliphatic carbocycles. The molecule has 2 amide bonds. The number of rotatable bonds is 8. The van der Waals surface area contributed by atoms with Crippen molar-refractivity contribution in [2.75, 3.05) is 13.7 Å². The third-order valence-electron chi connectivity index (χ3n) is 4.22. The van der Waals surface area contributed by atoms with Crippen LogP contribution in [0.15, 0.2) is 24.3 Å². The maximum atomic E-state index is 13.1. The number of hydrogen-bond acceptors (Lipinski definition) is 3. The molecule has 0 radical (unpaired) electrons. The van der Waals surface area contributed by atoms with Crippen molar-refractivity contribution < 1.29 is 27.5 Å². The Hall–Kier alpha value is -2.25. The predicted molar refractivity (Wildman–Crippen MR) is 89.3 cm³/mol. The van der Waals surface area contributed by atoms with Crippen LogP contribution in [0.3, 0.4) is 0 Å². The molecule has 1 aliphatic rings. The van der Waals surface area contributed by atoms with Gasteiger partial charge in [-0.3, -0.25) is 4.79 Å². The molecule has 1 aromatic rings. The highest BCUT2D eigenvalue weighted by Crippen LogP contribution is 2.34. The van der Waals surface area contributed by atoms with Gasteiger partial charge in [0, 0.05) is 25.6 Å². The first-order valence-electron chi connectivity index (χ1n) is 8.59. The molecule has 26 heavy (non-hydrogen) atoms. The van der Waals surface area contributed by atoms with Gasteiger partial charge in [0.1, 0.15) is 0 Å². The van der Waals surface area contributed by atoms with Crippen LogP contribution in [0.4, 0.5) is 18.0 Å². The Morgan fingerprint density at radius 1 is 1.23 bits per heavy atom. The zero-order valence-corrected chi connectivity index (χ0v) is 14.6. The summed E-state index contributed by atoms with van der Waals surface area (Å²) in [5.74, 6) is -0.306. The van der Waals surface area contributed by atoms with Crippen LogP contribution >= 0.6 is 0 Å². The van der Waals surface area contributed by atoms with E-state index in [-0.39, 0.29) is 36.6 Å². The van der Waals surface area contributed by atoms with Crippen LogP contribution < -0.4 is 5.32 Å². The lowest BCUT2D eigenvalue weighted by Crippen LogP contribution is -2.41. The topological polar surface area (TPSA) is 58.6 Å². The molecule has 144 valence electrons. The summed E-state index contributed by atoms with van der Waals surface area (Å²) in [6, 6.07) is 4.93. The van der Waals surface area contributed by atoms with Gasteiger partial charge in [-0.25, -0.2) is 4.79 Å². The number of alkyl halides is 3. The van der Waals surface area contributed by atoms with Crippen molar-refractivity contribution in [3.63, 3.8) is 0 Å². The lowest BCUT2D eigenvalue weighted by Gasteiger charge is -2.24. The van der Waals surface area contributed by atoms with Crippen molar-refractivity contribution in [2.24, 2.45) is 0 Å². The van der Waals surface area contributed by atoms with E-state index in [2.05, 4.69) is 10.1 Å². The van der Waals surface area contributed by atoms with Crippen LogP contribution in [0.5, 0.6) is 0 Å². The van der Waals surface area contributed by atoms with Gasteiger partial charge in [-0.05, 0) is 37.3 Å². The molecule has 1 N–H and O–H groups in total. The number of carbonyl (C=O) groups is 2. The number of nitrogens with zero attached hydrogens (tertiary/aromatic N) is 1. The number of carbonyl (C=O) groups excluding carboxylic acids is 2. The van der Waals surface area contributed by atoms with Gasteiger partial charge < -0.3 is 15.0 Å². The fourth-order valence-electron chi connectivity index (χ4n) is 2.66. The monoisotopic (exact) mass is 372 g/mol. The Labute approximate surface area is 150 Å².